The molecule has 0 fully saturated rings. The molecular formula is C21H21N3O2S. The van der Waals surface area contributed by atoms with E-state index in [1.807, 2.05) is 24.3 Å². The monoisotopic (exact) mass is 379 g/mol. The SMILES string of the molecule is COc1ccccc1NC(=O)CSc1ccc(-c2ccc(C)cc2C)nn1. The molecule has 0 spiro atoms. The summed E-state index contributed by atoms with van der Waals surface area (Å²) < 4.78 is 5.24. The van der Waals surface area contributed by atoms with Crippen molar-refractivity contribution in [3.8, 4) is 17.0 Å². The zero-order valence-corrected chi connectivity index (χ0v) is 16.3. The molecule has 0 saturated carbocycles. The first-order valence-electron chi connectivity index (χ1n) is 8.54. The molecule has 6 heteroatoms. The number of benzene rings is 2. The Hall–Kier alpha value is -2.86. The highest BCUT2D eigenvalue weighted by Crippen LogP contribution is 2.25. The van der Waals surface area contributed by atoms with Crippen molar-refractivity contribution in [1.29, 1.82) is 0 Å². The Morgan fingerprint density at radius 1 is 1.07 bits per heavy atom. The number of anilines is 1. The van der Waals surface area contributed by atoms with Crippen LogP contribution >= 0.6 is 11.8 Å². The Kier molecular flexibility index (Phi) is 6.08. The minimum absolute atomic E-state index is 0.121. The van der Waals surface area contributed by atoms with Crippen LogP contribution in [0.15, 0.2) is 59.6 Å². The van der Waals surface area contributed by atoms with Gasteiger partial charge in [-0.25, -0.2) is 0 Å². The van der Waals surface area contributed by atoms with Crippen LogP contribution in [-0.2, 0) is 4.79 Å². The second-order valence-electron chi connectivity index (χ2n) is 6.11. The molecule has 0 aliphatic rings. The molecule has 0 atom stereocenters. The van der Waals surface area contributed by atoms with Crippen LogP contribution in [0.25, 0.3) is 11.3 Å². The molecule has 138 valence electrons. The van der Waals surface area contributed by atoms with Gasteiger partial charge in [-0.15, -0.1) is 10.2 Å². The van der Waals surface area contributed by atoms with Gasteiger partial charge in [0.2, 0.25) is 5.91 Å². The molecule has 3 rings (SSSR count). The van der Waals surface area contributed by atoms with E-state index in [1.165, 1.54) is 22.9 Å². The molecule has 27 heavy (non-hydrogen) atoms. The Morgan fingerprint density at radius 2 is 1.89 bits per heavy atom. The van der Waals surface area contributed by atoms with Crippen molar-refractivity contribution in [2.45, 2.75) is 18.9 Å². The first-order chi connectivity index (χ1) is 13.1. The van der Waals surface area contributed by atoms with Crippen LogP contribution in [0.3, 0.4) is 0 Å². The van der Waals surface area contributed by atoms with Gasteiger partial charge in [-0.2, -0.15) is 0 Å². The standard InChI is InChI=1S/C21H21N3O2S/c1-14-8-9-16(15(2)12-14)17-10-11-21(24-23-17)27-13-20(25)22-18-6-4-5-7-19(18)26-3/h4-12H,13H2,1-3H3,(H,22,25). The topological polar surface area (TPSA) is 64.1 Å². The lowest BCUT2D eigenvalue weighted by Gasteiger charge is -2.09. The number of nitrogens with one attached hydrogen (secondary N) is 1. The molecule has 0 radical (unpaired) electrons. The number of thioether (sulfide) groups is 1. The number of carbonyl (C=O) groups excluding carboxylic acids is 1. The first-order valence-corrected chi connectivity index (χ1v) is 9.52. The van der Waals surface area contributed by atoms with Crippen LogP contribution in [-0.4, -0.2) is 29.0 Å². The predicted molar refractivity (Wildman–Crippen MR) is 109 cm³/mol. The van der Waals surface area contributed by atoms with Crippen molar-refractivity contribution < 1.29 is 9.53 Å². The first kappa shape index (κ1) is 18.9. The van der Waals surface area contributed by atoms with Gasteiger partial charge in [0.15, 0.2) is 0 Å². The van der Waals surface area contributed by atoms with E-state index in [0.717, 1.165) is 11.3 Å². The molecule has 0 unspecified atom stereocenters. The number of ether oxygens (including phenoxy) is 1. The number of para-hydroxylation sites is 2. The summed E-state index contributed by atoms with van der Waals surface area (Å²) in [7, 11) is 1.58. The minimum atomic E-state index is -0.121. The van der Waals surface area contributed by atoms with Gasteiger partial charge >= 0.3 is 0 Å². The van der Waals surface area contributed by atoms with E-state index in [1.54, 1.807) is 19.2 Å². The Bertz CT molecular complexity index is 942. The number of aryl methyl sites for hydroxylation is 2. The summed E-state index contributed by atoms with van der Waals surface area (Å²) in [6, 6.07) is 17.4. The third-order valence-electron chi connectivity index (χ3n) is 4.03. The maximum atomic E-state index is 12.2. The molecule has 1 N–H and O–H groups in total. The number of amides is 1. The Morgan fingerprint density at radius 3 is 2.59 bits per heavy atom. The van der Waals surface area contributed by atoms with Crippen molar-refractivity contribution in [3.63, 3.8) is 0 Å². The Labute approximate surface area is 163 Å². The van der Waals surface area contributed by atoms with Gasteiger partial charge < -0.3 is 10.1 Å². The summed E-state index contributed by atoms with van der Waals surface area (Å²) in [4.78, 5) is 12.2. The Balaban J connectivity index is 1.61. The van der Waals surface area contributed by atoms with Crippen LogP contribution in [0.1, 0.15) is 11.1 Å². The fraction of sp³-hybridized carbons (Fsp3) is 0.190. The van der Waals surface area contributed by atoms with Gasteiger partial charge in [0.05, 0.1) is 24.2 Å². The van der Waals surface area contributed by atoms with Crippen molar-refractivity contribution in [2.24, 2.45) is 0 Å². The summed E-state index contributed by atoms with van der Waals surface area (Å²) in [5.41, 5.74) is 4.94. The van der Waals surface area contributed by atoms with Gasteiger partial charge in [-0.05, 0) is 43.7 Å². The van der Waals surface area contributed by atoms with Gasteiger partial charge in [-0.1, -0.05) is 47.7 Å². The summed E-state index contributed by atoms with van der Waals surface area (Å²) in [6.45, 7) is 4.13. The summed E-state index contributed by atoms with van der Waals surface area (Å²) in [6.07, 6.45) is 0. The predicted octanol–water partition coefficient (Wildman–Crippen LogP) is 4.50. The second kappa shape index (κ2) is 8.68. The number of nitrogens with zero attached hydrogens (tertiary/aromatic N) is 2. The lowest BCUT2D eigenvalue weighted by molar-refractivity contribution is -0.113. The number of aromatic nitrogens is 2. The number of hydrogen-bond acceptors (Lipinski definition) is 5. The van der Waals surface area contributed by atoms with Crippen LogP contribution in [0, 0.1) is 13.8 Å². The van der Waals surface area contributed by atoms with Crippen molar-refractivity contribution >= 4 is 23.4 Å². The largest absolute Gasteiger partial charge is 0.495 e. The average Bonchev–Trinajstić information content (AvgIpc) is 2.67. The van der Waals surface area contributed by atoms with Crippen molar-refractivity contribution in [2.75, 3.05) is 18.2 Å². The molecule has 1 amide bonds. The minimum Gasteiger partial charge on any atom is -0.495 e. The molecular weight excluding hydrogens is 358 g/mol. The fourth-order valence-electron chi connectivity index (χ4n) is 2.72. The quantitative estimate of drug-likeness (QED) is 0.639. The molecule has 0 aliphatic carbocycles. The van der Waals surface area contributed by atoms with Crippen LogP contribution in [0.2, 0.25) is 0 Å². The maximum Gasteiger partial charge on any atom is 0.234 e. The van der Waals surface area contributed by atoms with E-state index < -0.39 is 0 Å². The van der Waals surface area contributed by atoms with E-state index in [0.29, 0.717) is 16.5 Å². The van der Waals surface area contributed by atoms with E-state index in [4.69, 9.17) is 4.74 Å². The lowest BCUT2D eigenvalue weighted by atomic mass is 10.0. The van der Waals surface area contributed by atoms with Crippen LogP contribution in [0.5, 0.6) is 5.75 Å². The van der Waals surface area contributed by atoms with Crippen molar-refractivity contribution in [1.82, 2.24) is 10.2 Å². The zero-order valence-electron chi connectivity index (χ0n) is 15.5. The molecule has 1 heterocycles. The average molecular weight is 379 g/mol. The van der Waals surface area contributed by atoms with Gasteiger partial charge in [0.1, 0.15) is 10.8 Å². The molecule has 1 aromatic heterocycles. The molecule has 5 nitrogen and oxygen atoms in total. The fourth-order valence-corrected chi connectivity index (χ4v) is 3.33. The highest BCUT2D eigenvalue weighted by Gasteiger charge is 2.09. The molecule has 0 aliphatic heterocycles. The summed E-state index contributed by atoms with van der Waals surface area (Å²) in [5.74, 6) is 0.758. The second-order valence-corrected chi connectivity index (χ2v) is 7.11. The van der Waals surface area contributed by atoms with Gasteiger partial charge in [-0.3, -0.25) is 4.79 Å². The highest BCUT2D eigenvalue weighted by atomic mass is 32.2. The van der Waals surface area contributed by atoms with Crippen molar-refractivity contribution in [3.05, 3.63) is 65.7 Å². The summed E-state index contributed by atoms with van der Waals surface area (Å²) in [5, 5.41) is 12.1. The van der Waals surface area contributed by atoms with E-state index in [-0.39, 0.29) is 11.7 Å². The summed E-state index contributed by atoms with van der Waals surface area (Å²) >= 11 is 1.35. The number of hydrogen-bond donors (Lipinski definition) is 1. The molecule has 3 aromatic rings. The number of carbonyl (C=O) groups is 1. The van der Waals surface area contributed by atoms with E-state index >= 15 is 0 Å². The number of methoxy groups -OCH3 is 1. The van der Waals surface area contributed by atoms with Crippen LogP contribution in [0.4, 0.5) is 5.69 Å². The third kappa shape index (κ3) is 4.86. The van der Waals surface area contributed by atoms with E-state index in [2.05, 4.69) is 47.6 Å². The molecule has 0 bridgehead atoms. The van der Waals surface area contributed by atoms with Crippen LogP contribution < -0.4 is 10.1 Å². The smallest absolute Gasteiger partial charge is 0.234 e. The molecule has 0 saturated heterocycles. The normalized spacial score (nSPS) is 10.5. The lowest BCUT2D eigenvalue weighted by Crippen LogP contribution is -2.14. The maximum absolute atomic E-state index is 12.2. The molecule has 2 aromatic carbocycles. The van der Waals surface area contributed by atoms with Gasteiger partial charge in [0.25, 0.3) is 0 Å². The number of rotatable bonds is 6. The third-order valence-corrected chi connectivity index (χ3v) is 4.95. The highest BCUT2D eigenvalue weighted by molar-refractivity contribution is 7.99. The van der Waals surface area contributed by atoms with Gasteiger partial charge in [0, 0.05) is 5.56 Å². The zero-order chi connectivity index (χ0) is 19.2. The van der Waals surface area contributed by atoms with E-state index in [9.17, 15) is 4.79 Å².